The Hall–Kier alpha value is -6.93. The fourth-order valence-corrected chi connectivity index (χ4v) is 14.0. The van der Waals surface area contributed by atoms with E-state index in [9.17, 15) is 52.6 Å². The van der Waals surface area contributed by atoms with E-state index in [1.54, 1.807) is 51.9 Å². The molecule has 506 valence electrons. The molecule has 3 aromatic rings. The van der Waals surface area contributed by atoms with Crippen LogP contribution < -0.4 is 38.5 Å². The first-order valence-electron chi connectivity index (χ1n) is 28.2. The lowest BCUT2D eigenvalue weighted by Crippen LogP contribution is -2.36. The fourth-order valence-electron chi connectivity index (χ4n) is 8.70. The van der Waals surface area contributed by atoms with E-state index in [0.29, 0.717) is 84.1 Å². The molecule has 2 unspecified atom stereocenters. The zero-order chi connectivity index (χ0) is 67.8. The first kappa shape index (κ1) is 75.1. The Balaban J connectivity index is 0.766. The number of urea groups is 1. The number of carboxylic acids is 1. The Morgan fingerprint density at radius 1 is 0.892 bits per heavy atom. The summed E-state index contributed by atoms with van der Waals surface area (Å²) in [7, 11) is -13.9. The molecule has 5 atom stereocenters. The molecule has 13 N–H and O–H groups in total. The van der Waals surface area contributed by atoms with E-state index >= 15 is 0 Å². The Bertz CT molecular complexity index is 3790. The predicted molar refractivity (Wildman–Crippen MR) is 337 cm³/mol. The molecule has 2 aliphatic heterocycles. The summed E-state index contributed by atoms with van der Waals surface area (Å²) in [4.78, 5) is 106. The number of amides is 3. The van der Waals surface area contributed by atoms with Crippen molar-refractivity contribution in [1.29, 1.82) is 5.41 Å². The summed E-state index contributed by atoms with van der Waals surface area (Å²) in [6.45, 7) is 4.78. The topological polar surface area (TPSA) is 512 Å². The van der Waals surface area contributed by atoms with Crippen molar-refractivity contribution >= 4 is 91.4 Å². The second-order valence-corrected chi connectivity index (χ2v) is 27.9. The lowest BCUT2D eigenvalue weighted by molar-refractivity contribution is -0.144. The van der Waals surface area contributed by atoms with Crippen LogP contribution in [0.3, 0.4) is 0 Å². The highest BCUT2D eigenvalue weighted by Gasteiger charge is 2.44. The van der Waals surface area contributed by atoms with Gasteiger partial charge in [0.15, 0.2) is 0 Å². The Morgan fingerprint density at radius 2 is 1.66 bits per heavy atom. The average molecular weight is 1400 g/mol. The van der Waals surface area contributed by atoms with Gasteiger partial charge in [-0.2, -0.15) is 13.6 Å². The highest BCUT2D eigenvalue weighted by atomic mass is 33.1. The van der Waals surface area contributed by atoms with Crippen molar-refractivity contribution in [1.82, 2.24) is 25.5 Å². The summed E-state index contributed by atoms with van der Waals surface area (Å²) in [6, 6.07) is 13.7. The lowest BCUT2D eigenvalue weighted by atomic mass is 9.89. The lowest BCUT2D eigenvalue weighted by Gasteiger charge is -2.22. The number of phosphoric acid groups is 3. The number of hydrogen-bond acceptors (Lipinski definition) is 25. The van der Waals surface area contributed by atoms with Crippen LogP contribution in [0.1, 0.15) is 91.3 Å². The number of ether oxygens (including phenoxy) is 6. The standard InChI is InChI=1S/C54H70N11O23P3S2/c1-54(2,16-22-82-47(66)9-7-21-79-24-25-80-23-19-59-50(67)34-10-13-38(51(68)69)41(26-34)48-39-14-11-36(55)27-42(39)85-43-28-37(56)12-15-40(43)48)93-92-33-81-20-5-3-4-17-60-52(70)61-18-6-8-35-30-65(53(71)63-49(35)57)46-29-44(83-32-62-64-58)45(86-46)31-84-90(75,76)88-91(77,78)87-89(72,73)74/h10-15,26-28,30,44-46,55H,3-5,7,9,16-25,29,31-33,56H2,1-2H3,(H,59,67)(H,68,69)(H,75,76)(H,77,78)(H2,57,63,71)(H2,60,61,70)(H2,72,73,74)/t44-,45-,46-/m1/s1. The summed E-state index contributed by atoms with van der Waals surface area (Å²) >= 11 is 0. The quantitative estimate of drug-likeness (QED) is 0.00171. The number of carbonyl (C=O) groups excluding carboxylic acids is 3. The maximum absolute atomic E-state index is 13.3. The number of carboxylic acid groups (broad SMARTS) is 1. The number of fused-ring (bicyclic) bond motifs is 2. The molecule has 1 aliphatic carbocycles. The van der Waals surface area contributed by atoms with E-state index in [4.69, 9.17) is 65.0 Å². The number of rotatable bonds is 38. The minimum atomic E-state index is -5.82. The van der Waals surface area contributed by atoms with Crippen LogP contribution in [0.5, 0.6) is 0 Å². The van der Waals surface area contributed by atoms with Gasteiger partial charge in [0.25, 0.3) is 5.91 Å². The van der Waals surface area contributed by atoms with Gasteiger partial charge in [0.05, 0.1) is 62.2 Å². The van der Waals surface area contributed by atoms with Crippen LogP contribution in [-0.4, -0.2) is 154 Å². The fraction of sp³-hybridized carbons (Fsp3) is 0.463. The van der Waals surface area contributed by atoms with Gasteiger partial charge in [-0.25, -0.2) is 28.1 Å². The van der Waals surface area contributed by atoms with E-state index in [0.717, 1.165) is 17.4 Å². The molecule has 39 heteroatoms. The molecule has 34 nitrogen and oxygen atoms in total. The zero-order valence-corrected chi connectivity index (χ0v) is 54.4. The molecule has 6 rings (SSSR count). The van der Waals surface area contributed by atoms with Crippen LogP contribution in [0.25, 0.3) is 43.9 Å². The third-order valence-corrected chi connectivity index (χ3v) is 19.8. The van der Waals surface area contributed by atoms with Gasteiger partial charge >= 0.3 is 47.1 Å². The van der Waals surface area contributed by atoms with Crippen LogP contribution in [0, 0.1) is 17.3 Å². The second-order valence-electron chi connectivity index (χ2n) is 20.6. The van der Waals surface area contributed by atoms with Crippen LogP contribution in [0.2, 0.25) is 0 Å². The number of azide groups is 1. The van der Waals surface area contributed by atoms with E-state index < -0.39 is 78.8 Å². The maximum Gasteiger partial charge on any atom is 0.490 e. The molecule has 1 fully saturated rings. The highest BCUT2D eigenvalue weighted by Crippen LogP contribution is 2.66. The number of hydrogen-bond donors (Lipinski definition) is 11. The van der Waals surface area contributed by atoms with Crippen molar-refractivity contribution in [2.45, 2.75) is 82.0 Å². The third-order valence-electron chi connectivity index (χ3n) is 13.0. The monoisotopic (exact) mass is 1400 g/mol. The van der Waals surface area contributed by atoms with Gasteiger partial charge in [0.1, 0.15) is 42.2 Å². The summed E-state index contributed by atoms with van der Waals surface area (Å²) in [5.74, 6) is 3.97. The number of benzene rings is 3. The predicted octanol–water partition coefficient (Wildman–Crippen LogP) is 6.52. The first-order chi connectivity index (χ1) is 44.1. The number of phosphoric ester groups is 1. The number of nitrogens with zero attached hydrogens (tertiary/aromatic N) is 5. The zero-order valence-electron chi connectivity index (χ0n) is 50.1. The van der Waals surface area contributed by atoms with Crippen molar-refractivity contribution in [3.05, 3.63) is 104 Å². The number of esters is 1. The molecule has 1 saturated heterocycles. The number of unbranched alkanes of at least 4 members (excludes halogenated alkanes) is 2. The number of carbonyl (C=O) groups is 4. The van der Waals surface area contributed by atoms with Gasteiger partial charge in [-0.3, -0.25) is 18.7 Å². The van der Waals surface area contributed by atoms with E-state index in [1.807, 2.05) is 13.8 Å². The molecule has 0 bridgehead atoms. The minimum Gasteiger partial charge on any atom is -0.478 e. The number of aromatic nitrogens is 2. The number of nitrogens with two attached hydrogens (primary N) is 2. The summed E-state index contributed by atoms with van der Waals surface area (Å²) in [5, 5.41) is 30.3. The number of nitrogens with one attached hydrogen (secondary N) is 4. The van der Waals surface area contributed by atoms with Gasteiger partial charge in [0.2, 0.25) is 0 Å². The molecule has 93 heavy (non-hydrogen) atoms. The van der Waals surface area contributed by atoms with E-state index in [1.165, 1.54) is 30.5 Å². The molecule has 0 saturated carbocycles. The van der Waals surface area contributed by atoms with Crippen molar-refractivity contribution in [3.63, 3.8) is 0 Å². The Morgan fingerprint density at radius 3 is 2.41 bits per heavy atom. The molecule has 3 amide bonds. The van der Waals surface area contributed by atoms with Crippen LogP contribution in [0.15, 0.2) is 75.1 Å². The Labute approximate surface area is 538 Å². The van der Waals surface area contributed by atoms with Crippen LogP contribution >= 0.6 is 45.1 Å². The van der Waals surface area contributed by atoms with Gasteiger partial charge < -0.3 is 90.3 Å². The number of nitrogen functional groups attached to an aromatic ring is 2. The van der Waals surface area contributed by atoms with Crippen molar-refractivity contribution < 1.29 is 104 Å². The molecule has 3 aliphatic rings. The van der Waals surface area contributed by atoms with Gasteiger partial charge in [0, 0.05) is 94.9 Å². The third kappa shape index (κ3) is 25.4. The SMILES string of the molecule is CC(C)(CCOC(=O)CCCOCCOCCNC(=O)c1ccc(C(=O)O)c(-c2c3ccc(=N)cc-3oc3cc(N)ccc23)c1)SSCOCCCCCNC(=O)NCC#Cc1cn([C@H]2C[C@@H](OCN=[N+]=[N-])[C@@H](COP(=O)(O)OP(=O)(O)OP(=O)(O)O)O2)c(=O)nc1N. The summed E-state index contributed by atoms with van der Waals surface area (Å²) in [6.07, 6.45) is 0.767. The van der Waals surface area contributed by atoms with Crippen molar-refractivity contribution in [2.24, 2.45) is 5.11 Å². The number of aromatic carboxylic acids is 1. The first-order valence-corrected chi connectivity index (χ1v) is 35.1. The summed E-state index contributed by atoms with van der Waals surface area (Å²) < 4.78 is 87.4. The molecule has 0 spiro atoms. The molecule has 1 aromatic heterocycles. The van der Waals surface area contributed by atoms with Gasteiger partial charge in [-0.15, -0.1) is 0 Å². The molecular weight excluding hydrogens is 1330 g/mol. The largest absolute Gasteiger partial charge is 0.490 e. The molecule has 2 aromatic carbocycles. The smallest absolute Gasteiger partial charge is 0.478 e. The normalized spacial score (nSPS) is 16.1. The van der Waals surface area contributed by atoms with E-state index in [-0.39, 0.29) is 90.9 Å². The van der Waals surface area contributed by atoms with Gasteiger partial charge in [-0.1, -0.05) is 38.5 Å². The Kier molecular flexibility index (Phi) is 29.1. The average Bonchev–Trinajstić information content (AvgIpc) is 1.21. The van der Waals surface area contributed by atoms with Crippen molar-refractivity contribution in [2.75, 3.05) is 90.0 Å². The molecule has 3 heterocycles. The van der Waals surface area contributed by atoms with E-state index in [2.05, 4.69) is 55.9 Å². The summed E-state index contributed by atoms with van der Waals surface area (Å²) in [5.41, 5.74) is 22.1. The maximum atomic E-state index is 13.3. The van der Waals surface area contributed by atoms with Gasteiger partial charge in [-0.05, 0) is 99.5 Å². The highest BCUT2D eigenvalue weighted by molar-refractivity contribution is 8.77. The molecular formula is C54H70N11O23P3S2. The van der Waals surface area contributed by atoms with Crippen molar-refractivity contribution in [3.8, 4) is 34.3 Å². The second kappa shape index (κ2) is 36.1. The van der Waals surface area contributed by atoms with Crippen LogP contribution in [-0.2, 0) is 60.1 Å². The molecule has 0 radical (unpaired) electrons. The van der Waals surface area contributed by atoms with Crippen LogP contribution in [0.4, 0.5) is 16.3 Å². The number of anilines is 2. The minimum absolute atomic E-state index is 0.0255.